The summed E-state index contributed by atoms with van der Waals surface area (Å²) in [6.07, 6.45) is 0.526. The molecule has 1 amide bonds. The summed E-state index contributed by atoms with van der Waals surface area (Å²) in [5.41, 5.74) is 4.74. The van der Waals surface area contributed by atoms with Gasteiger partial charge in [0.1, 0.15) is 5.54 Å². The largest absolute Gasteiger partial charge is 0.352 e. The number of aryl methyl sites for hydroxylation is 1. The van der Waals surface area contributed by atoms with Crippen molar-refractivity contribution < 1.29 is 9.59 Å². The molecule has 6 heteroatoms. The zero-order valence-electron chi connectivity index (χ0n) is 22.0. The normalized spacial score (nSPS) is 28.6. The Labute approximate surface area is 236 Å². The van der Waals surface area contributed by atoms with Gasteiger partial charge in [0, 0.05) is 45.7 Å². The summed E-state index contributed by atoms with van der Waals surface area (Å²) in [4.78, 5) is 35.8. The first-order valence-electron chi connectivity index (χ1n) is 13.9. The lowest BCUT2D eigenvalue weighted by Gasteiger charge is -2.44. The number of fused-ring (bicyclic) bond motifs is 9. The molecule has 4 aromatic carbocycles. The van der Waals surface area contributed by atoms with E-state index in [1.165, 1.54) is 10.9 Å². The van der Waals surface area contributed by atoms with Gasteiger partial charge in [0.25, 0.3) is 5.91 Å². The van der Waals surface area contributed by atoms with E-state index >= 15 is 4.79 Å². The van der Waals surface area contributed by atoms with E-state index in [0.717, 1.165) is 50.3 Å². The molecule has 3 aliphatic heterocycles. The third-order valence-corrected chi connectivity index (χ3v) is 11.2. The number of carbonyl (C=O) groups excluding carboxylic acids is 2. The smallest absolute Gasteiger partial charge is 0.250 e. The van der Waals surface area contributed by atoms with Crippen LogP contribution in [0.5, 0.6) is 0 Å². The van der Waals surface area contributed by atoms with Gasteiger partial charge in [-0.1, -0.05) is 72.3 Å². The van der Waals surface area contributed by atoms with E-state index in [9.17, 15) is 4.79 Å². The van der Waals surface area contributed by atoms with Crippen LogP contribution in [-0.2, 0) is 16.8 Å². The maximum absolute atomic E-state index is 15.3. The van der Waals surface area contributed by atoms with Crippen LogP contribution in [0.4, 0.5) is 5.69 Å². The summed E-state index contributed by atoms with van der Waals surface area (Å²) in [7, 11) is 0. The summed E-state index contributed by atoms with van der Waals surface area (Å²) < 4.78 is 0. The van der Waals surface area contributed by atoms with Crippen LogP contribution in [0.25, 0.3) is 21.7 Å². The number of hydrogen-bond acceptors (Lipinski definition) is 4. The average molecular weight is 542 g/mol. The Morgan fingerprint density at radius 1 is 0.925 bits per heavy atom. The Hall–Kier alpha value is -3.87. The number of nitrogens with zero attached hydrogens (tertiary/aromatic N) is 1. The molecule has 5 nitrogen and oxygen atoms in total. The number of anilines is 1. The fourth-order valence-electron chi connectivity index (χ4n) is 8.72. The summed E-state index contributed by atoms with van der Waals surface area (Å²) in [6.45, 7) is 2.09. The SMILES string of the molecule is Cc1ccc2[nH]c3c(c2c1)CC1(C3=O)C(c2cccc3ccccc23)C2CSCN2C12C(=O)Nc1ccccc12. The monoisotopic (exact) mass is 541 g/mol. The van der Waals surface area contributed by atoms with Crippen molar-refractivity contribution in [3.05, 3.63) is 113 Å². The highest BCUT2D eigenvalue weighted by Crippen LogP contribution is 2.71. The molecule has 40 heavy (non-hydrogen) atoms. The summed E-state index contributed by atoms with van der Waals surface area (Å²) in [6, 6.07) is 29.3. The molecule has 2 N–H and O–H groups in total. The number of H-pyrrole nitrogens is 1. The first kappa shape index (κ1) is 22.9. The maximum Gasteiger partial charge on any atom is 0.250 e. The molecule has 4 heterocycles. The molecular weight excluding hydrogens is 514 g/mol. The van der Waals surface area contributed by atoms with E-state index in [0.29, 0.717) is 12.1 Å². The van der Waals surface area contributed by atoms with Crippen LogP contribution in [0.1, 0.15) is 38.7 Å². The Bertz CT molecular complexity index is 1940. The van der Waals surface area contributed by atoms with E-state index in [4.69, 9.17) is 0 Å². The summed E-state index contributed by atoms with van der Waals surface area (Å²) in [5, 5.41) is 6.66. The number of rotatable bonds is 1. The lowest BCUT2D eigenvalue weighted by atomic mass is 9.57. The topological polar surface area (TPSA) is 65.2 Å². The fourth-order valence-corrected chi connectivity index (χ4v) is 10.0. The highest BCUT2D eigenvalue weighted by molar-refractivity contribution is 7.99. The molecule has 196 valence electrons. The highest BCUT2D eigenvalue weighted by Gasteiger charge is 2.79. The van der Waals surface area contributed by atoms with Crippen LogP contribution >= 0.6 is 11.8 Å². The van der Waals surface area contributed by atoms with Crippen molar-refractivity contribution in [2.24, 2.45) is 5.41 Å². The molecule has 5 aromatic rings. The number of benzene rings is 4. The van der Waals surface area contributed by atoms with Crippen molar-refractivity contribution in [2.45, 2.75) is 30.8 Å². The van der Waals surface area contributed by atoms with Crippen molar-refractivity contribution in [1.82, 2.24) is 9.88 Å². The Kier molecular flexibility index (Phi) is 4.38. The van der Waals surface area contributed by atoms with Gasteiger partial charge in [-0.15, -0.1) is 11.8 Å². The maximum atomic E-state index is 15.3. The average Bonchev–Trinajstić information content (AvgIpc) is 3.75. The van der Waals surface area contributed by atoms with E-state index < -0.39 is 11.0 Å². The molecule has 2 saturated heterocycles. The van der Waals surface area contributed by atoms with E-state index in [1.807, 2.05) is 30.0 Å². The van der Waals surface area contributed by atoms with E-state index in [2.05, 4.69) is 88.9 Å². The summed E-state index contributed by atoms with van der Waals surface area (Å²) >= 11 is 1.87. The van der Waals surface area contributed by atoms with Gasteiger partial charge in [-0.05, 0) is 53.4 Å². The number of thioether (sulfide) groups is 1. The van der Waals surface area contributed by atoms with Crippen LogP contribution in [-0.4, -0.2) is 39.2 Å². The number of hydrogen-bond donors (Lipinski definition) is 2. The molecule has 2 fully saturated rings. The van der Waals surface area contributed by atoms with Crippen LogP contribution < -0.4 is 5.32 Å². The van der Waals surface area contributed by atoms with Gasteiger partial charge in [0.2, 0.25) is 0 Å². The Balaban J connectivity index is 1.41. The van der Waals surface area contributed by atoms with Crippen LogP contribution in [0.2, 0.25) is 0 Å². The number of ketones is 1. The van der Waals surface area contributed by atoms with Gasteiger partial charge in [-0.2, -0.15) is 0 Å². The quantitative estimate of drug-likeness (QED) is 0.259. The first-order valence-corrected chi connectivity index (χ1v) is 15.1. The van der Waals surface area contributed by atoms with Crippen molar-refractivity contribution in [3.63, 3.8) is 0 Å². The molecule has 2 spiro atoms. The first-order chi connectivity index (χ1) is 19.6. The van der Waals surface area contributed by atoms with E-state index in [1.54, 1.807) is 0 Å². The molecule has 1 aliphatic carbocycles. The predicted molar refractivity (Wildman–Crippen MR) is 160 cm³/mol. The number of Topliss-reactive ketones (excluding diaryl/α,β-unsaturated/α-hetero) is 1. The van der Waals surface area contributed by atoms with Crippen LogP contribution in [0.15, 0.2) is 84.9 Å². The minimum absolute atomic E-state index is 0.0497. The third kappa shape index (κ3) is 2.47. The molecule has 4 unspecified atom stereocenters. The lowest BCUT2D eigenvalue weighted by molar-refractivity contribution is -0.130. The Morgan fingerprint density at radius 2 is 1.75 bits per heavy atom. The molecule has 4 atom stereocenters. The lowest BCUT2D eigenvalue weighted by Crippen LogP contribution is -2.59. The van der Waals surface area contributed by atoms with Gasteiger partial charge in [0.05, 0.1) is 11.1 Å². The minimum Gasteiger partial charge on any atom is -0.352 e. The zero-order valence-corrected chi connectivity index (χ0v) is 22.8. The van der Waals surface area contributed by atoms with Crippen molar-refractivity contribution in [1.29, 1.82) is 0 Å². The second-order valence-corrected chi connectivity index (χ2v) is 12.8. The van der Waals surface area contributed by atoms with Crippen LogP contribution in [0.3, 0.4) is 0 Å². The molecule has 0 saturated carbocycles. The molecule has 1 aromatic heterocycles. The second-order valence-electron chi connectivity index (χ2n) is 11.8. The number of nitrogens with one attached hydrogen (secondary N) is 2. The van der Waals surface area contributed by atoms with Crippen molar-refractivity contribution in [3.8, 4) is 0 Å². The van der Waals surface area contributed by atoms with Gasteiger partial charge >= 0.3 is 0 Å². The van der Waals surface area contributed by atoms with Gasteiger partial charge in [0.15, 0.2) is 5.78 Å². The van der Waals surface area contributed by atoms with E-state index in [-0.39, 0.29) is 23.7 Å². The van der Waals surface area contributed by atoms with Crippen molar-refractivity contribution in [2.75, 3.05) is 16.9 Å². The molecular formula is C34H27N3O2S. The molecule has 9 rings (SSSR count). The molecule has 4 aliphatic rings. The van der Waals surface area contributed by atoms with Gasteiger partial charge in [-0.25, -0.2) is 0 Å². The van der Waals surface area contributed by atoms with Gasteiger partial charge in [-0.3, -0.25) is 14.5 Å². The Morgan fingerprint density at radius 3 is 2.67 bits per heavy atom. The van der Waals surface area contributed by atoms with Crippen LogP contribution in [0, 0.1) is 12.3 Å². The number of para-hydroxylation sites is 1. The molecule has 0 radical (unpaired) electrons. The predicted octanol–water partition coefficient (Wildman–Crippen LogP) is 6.37. The van der Waals surface area contributed by atoms with Crippen molar-refractivity contribution >= 4 is 50.8 Å². The number of aromatic nitrogens is 1. The standard InChI is InChI=1S/C34H27N3O2S/c1-19-13-14-26-23(15-19)24-16-33(31(38)30(24)35-26)29(22-10-6-8-20-7-2-3-9-21(20)22)28-17-40-18-37(28)34(33)25-11-4-5-12-27(25)36-32(34)39/h2-15,28-29,35H,16-18H2,1H3,(H,36,39). The number of aromatic amines is 1. The number of carbonyl (C=O) groups is 2. The second kappa shape index (κ2) is 7.65. The third-order valence-electron chi connectivity index (χ3n) is 10.1. The van der Waals surface area contributed by atoms with Gasteiger partial charge < -0.3 is 10.3 Å². The summed E-state index contributed by atoms with van der Waals surface area (Å²) in [5.74, 6) is 1.45. The highest BCUT2D eigenvalue weighted by atomic mass is 32.2. The fraction of sp³-hybridized carbons (Fsp3) is 0.235. The number of amides is 1. The molecule has 0 bridgehead atoms. The minimum atomic E-state index is -1.09. The zero-order chi connectivity index (χ0) is 26.8.